The van der Waals surface area contributed by atoms with Crippen molar-refractivity contribution in [2.45, 2.75) is 45.6 Å². The van der Waals surface area contributed by atoms with E-state index >= 15 is 0 Å². The van der Waals surface area contributed by atoms with Crippen LogP contribution in [-0.2, 0) is 0 Å². The highest BCUT2D eigenvalue weighted by atomic mass is 32.1. The van der Waals surface area contributed by atoms with Crippen molar-refractivity contribution in [3.05, 3.63) is 22.4 Å². The molecule has 1 atom stereocenters. The molecule has 1 unspecified atom stereocenters. The molecule has 0 aromatic carbocycles. The summed E-state index contributed by atoms with van der Waals surface area (Å²) in [6.45, 7) is 8.55. The van der Waals surface area contributed by atoms with Crippen molar-refractivity contribution < 1.29 is 4.79 Å². The minimum atomic E-state index is 0.0568. The Morgan fingerprint density at radius 2 is 1.95 bits per heavy atom. The lowest BCUT2D eigenvalue weighted by molar-refractivity contribution is 0.182. The lowest BCUT2D eigenvalue weighted by atomic mass is 10.2. The van der Waals surface area contributed by atoms with E-state index in [2.05, 4.69) is 27.7 Å². The first-order valence-corrected chi connectivity index (χ1v) is 9.44. The number of thiophene rings is 1. The highest BCUT2D eigenvalue weighted by Gasteiger charge is 2.23. The topological polar surface area (TPSA) is 35.6 Å². The molecule has 0 aliphatic carbocycles. The van der Waals surface area contributed by atoms with Gasteiger partial charge in [0.2, 0.25) is 0 Å². The minimum Gasteiger partial charge on any atom is -0.336 e. The fourth-order valence-electron chi connectivity index (χ4n) is 3.10. The van der Waals surface area contributed by atoms with Crippen molar-refractivity contribution >= 4 is 17.4 Å². The highest BCUT2D eigenvalue weighted by molar-refractivity contribution is 7.10. The molecular weight excluding hydrogens is 294 g/mol. The van der Waals surface area contributed by atoms with Crippen molar-refractivity contribution in [1.29, 1.82) is 0 Å². The molecule has 1 aromatic rings. The van der Waals surface area contributed by atoms with Crippen molar-refractivity contribution in [3.8, 4) is 0 Å². The molecule has 0 bridgehead atoms. The summed E-state index contributed by atoms with van der Waals surface area (Å²) in [5.74, 6) is 0. The fraction of sp³-hybridized carbons (Fsp3) is 0.706. The number of nitrogens with zero attached hydrogens (tertiary/aromatic N) is 2. The molecule has 124 valence electrons. The predicted octanol–water partition coefficient (Wildman–Crippen LogP) is 3.72. The average Bonchev–Trinajstić information content (AvgIpc) is 2.92. The number of nitrogens with one attached hydrogen (secondary N) is 1. The second-order valence-electron chi connectivity index (χ2n) is 5.84. The third-order valence-corrected chi connectivity index (χ3v) is 5.42. The molecule has 0 spiro atoms. The first-order chi connectivity index (χ1) is 10.8. The fourth-order valence-corrected chi connectivity index (χ4v) is 3.96. The zero-order valence-electron chi connectivity index (χ0n) is 13.9. The van der Waals surface area contributed by atoms with Gasteiger partial charge < -0.3 is 10.2 Å². The lowest BCUT2D eigenvalue weighted by Crippen LogP contribution is -2.44. The normalized spacial score (nSPS) is 17.7. The van der Waals surface area contributed by atoms with Crippen molar-refractivity contribution in [1.82, 2.24) is 15.1 Å². The second kappa shape index (κ2) is 9.16. The highest BCUT2D eigenvalue weighted by Crippen LogP contribution is 2.27. The molecule has 2 rings (SSSR count). The van der Waals surface area contributed by atoms with E-state index in [9.17, 15) is 4.79 Å². The average molecular weight is 324 g/mol. The third-order valence-electron chi connectivity index (χ3n) is 4.45. The summed E-state index contributed by atoms with van der Waals surface area (Å²) in [4.78, 5) is 18.0. The van der Waals surface area contributed by atoms with Crippen LogP contribution in [0, 0.1) is 0 Å². The molecule has 2 amide bonds. The van der Waals surface area contributed by atoms with Crippen LogP contribution in [-0.4, -0.2) is 48.6 Å². The van der Waals surface area contributed by atoms with Crippen LogP contribution in [0.4, 0.5) is 4.79 Å². The van der Waals surface area contributed by atoms with Gasteiger partial charge in [0.1, 0.15) is 0 Å². The van der Waals surface area contributed by atoms with Gasteiger partial charge in [-0.2, -0.15) is 0 Å². The van der Waals surface area contributed by atoms with Gasteiger partial charge in [-0.05, 0) is 51.2 Å². The Kier molecular flexibility index (Phi) is 7.19. The van der Waals surface area contributed by atoms with Gasteiger partial charge in [0.25, 0.3) is 0 Å². The maximum Gasteiger partial charge on any atom is 0.317 e. The Balaban J connectivity index is 2.00. The summed E-state index contributed by atoms with van der Waals surface area (Å²) < 4.78 is 0. The zero-order chi connectivity index (χ0) is 15.8. The van der Waals surface area contributed by atoms with Crippen LogP contribution >= 0.6 is 11.3 Å². The van der Waals surface area contributed by atoms with Crippen LogP contribution in [0.2, 0.25) is 0 Å². The predicted molar refractivity (Wildman–Crippen MR) is 93.4 cm³/mol. The Morgan fingerprint density at radius 1 is 1.27 bits per heavy atom. The van der Waals surface area contributed by atoms with Crippen molar-refractivity contribution in [2.24, 2.45) is 0 Å². The monoisotopic (exact) mass is 323 g/mol. The van der Waals surface area contributed by atoms with E-state index in [4.69, 9.17) is 0 Å². The van der Waals surface area contributed by atoms with Gasteiger partial charge in [-0.15, -0.1) is 11.3 Å². The molecule has 1 aliphatic heterocycles. The van der Waals surface area contributed by atoms with Gasteiger partial charge in [0.15, 0.2) is 0 Å². The minimum absolute atomic E-state index is 0.0568. The Labute approximate surface area is 138 Å². The maximum absolute atomic E-state index is 12.2. The number of amides is 2. The van der Waals surface area contributed by atoms with Gasteiger partial charge in [0.05, 0.1) is 6.04 Å². The summed E-state index contributed by atoms with van der Waals surface area (Å²) in [5.41, 5.74) is 0. The summed E-state index contributed by atoms with van der Waals surface area (Å²) in [5, 5.41) is 5.27. The SMILES string of the molecule is CCN(CC)C(=O)NCC(c1cccs1)N1CCCCCC1. The zero-order valence-corrected chi connectivity index (χ0v) is 14.7. The number of carbonyl (C=O) groups excluding carboxylic acids is 1. The molecular formula is C17H29N3OS. The number of urea groups is 1. The molecule has 1 fully saturated rings. The standard InChI is InChI=1S/C17H29N3OS/c1-3-19(4-2)17(21)18-14-15(16-10-9-13-22-16)20-11-7-5-6-8-12-20/h9-10,13,15H,3-8,11-12,14H2,1-2H3,(H,18,21). The van der Waals surface area contributed by atoms with Crippen LogP contribution in [0.5, 0.6) is 0 Å². The molecule has 22 heavy (non-hydrogen) atoms. The van der Waals surface area contributed by atoms with E-state index in [-0.39, 0.29) is 6.03 Å². The number of carbonyl (C=O) groups is 1. The van der Waals surface area contributed by atoms with Crippen LogP contribution in [0.25, 0.3) is 0 Å². The van der Waals surface area contributed by atoms with E-state index in [1.54, 1.807) is 11.3 Å². The molecule has 1 aromatic heterocycles. The van der Waals surface area contributed by atoms with E-state index in [0.29, 0.717) is 12.6 Å². The van der Waals surface area contributed by atoms with E-state index in [1.807, 2.05) is 18.7 Å². The van der Waals surface area contributed by atoms with Crippen LogP contribution in [0.3, 0.4) is 0 Å². The summed E-state index contributed by atoms with van der Waals surface area (Å²) in [6, 6.07) is 4.68. The van der Waals surface area contributed by atoms with Crippen LogP contribution < -0.4 is 5.32 Å². The van der Waals surface area contributed by atoms with Gasteiger partial charge in [-0.25, -0.2) is 4.79 Å². The molecule has 1 N–H and O–H groups in total. The molecule has 1 aliphatic rings. The maximum atomic E-state index is 12.2. The molecule has 1 saturated heterocycles. The number of rotatable bonds is 6. The summed E-state index contributed by atoms with van der Waals surface area (Å²) in [7, 11) is 0. The van der Waals surface area contributed by atoms with Gasteiger partial charge in [-0.1, -0.05) is 18.9 Å². The van der Waals surface area contributed by atoms with Gasteiger partial charge in [0, 0.05) is 24.5 Å². The largest absolute Gasteiger partial charge is 0.336 e. The van der Waals surface area contributed by atoms with E-state index in [0.717, 1.165) is 26.2 Å². The first-order valence-electron chi connectivity index (χ1n) is 8.56. The molecule has 2 heterocycles. The van der Waals surface area contributed by atoms with Crippen molar-refractivity contribution in [2.75, 3.05) is 32.7 Å². The quantitative estimate of drug-likeness (QED) is 0.866. The third kappa shape index (κ3) is 4.71. The number of hydrogen-bond acceptors (Lipinski definition) is 3. The van der Waals surface area contributed by atoms with Gasteiger partial charge >= 0.3 is 6.03 Å². The Morgan fingerprint density at radius 3 is 2.50 bits per heavy atom. The van der Waals surface area contributed by atoms with E-state index < -0.39 is 0 Å². The molecule has 0 saturated carbocycles. The van der Waals surface area contributed by atoms with Crippen LogP contribution in [0.1, 0.15) is 50.4 Å². The van der Waals surface area contributed by atoms with E-state index in [1.165, 1.54) is 30.6 Å². The number of likely N-dealkylation sites (tertiary alicyclic amines) is 1. The molecule has 0 radical (unpaired) electrons. The molecule has 4 nitrogen and oxygen atoms in total. The summed E-state index contributed by atoms with van der Waals surface area (Å²) >= 11 is 1.80. The van der Waals surface area contributed by atoms with Crippen molar-refractivity contribution in [3.63, 3.8) is 0 Å². The second-order valence-corrected chi connectivity index (χ2v) is 6.82. The first kappa shape index (κ1) is 17.3. The Bertz CT molecular complexity index is 423. The number of hydrogen-bond donors (Lipinski definition) is 1. The Hall–Kier alpha value is -1.07. The summed E-state index contributed by atoms with van der Waals surface area (Å²) in [6.07, 6.45) is 5.21. The van der Waals surface area contributed by atoms with Gasteiger partial charge in [-0.3, -0.25) is 4.90 Å². The smallest absolute Gasteiger partial charge is 0.317 e. The van der Waals surface area contributed by atoms with Crippen LogP contribution in [0.15, 0.2) is 17.5 Å². The molecule has 5 heteroatoms. The lowest BCUT2D eigenvalue weighted by Gasteiger charge is -2.31.